The summed E-state index contributed by atoms with van der Waals surface area (Å²) in [6, 6.07) is 0. The van der Waals surface area contributed by atoms with E-state index in [-0.39, 0.29) is 5.91 Å². The Labute approximate surface area is 91.6 Å². The number of hydrogen-bond donors (Lipinski definition) is 1. The fourth-order valence-electron chi connectivity index (χ4n) is 1.56. The third-order valence-corrected chi connectivity index (χ3v) is 2.54. The van der Waals surface area contributed by atoms with Crippen LogP contribution in [0.4, 0.5) is 0 Å². The summed E-state index contributed by atoms with van der Waals surface area (Å²) in [4.78, 5) is 11.2. The maximum atomic E-state index is 11.2. The van der Waals surface area contributed by atoms with Crippen LogP contribution in [0.15, 0.2) is 17.3 Å². The monoisotopic (exact) mass is 208 g/mol. The van der Waals surface area contributed by atoms with Gasteiger partial charge in [0, 0.05) is 12.6 Å². The SMILES string of the molecule is CCCCC(=O)NN=CC1CC=CCC1. The van der Waals surface area contributed by atoms with E-state index in [2.05, 4.69) is 29.6 Å². The second kappa shape index (κ2) is 7.21. The molecule has 0 saturated heterocycles. The lowest BCUT2D eigenvalue weighted by Crippen LogP contribution is -2.18. The van der Waals surface area contributed by atoms with E-state index in [4.69, 9.17) is 0 Å². The van der Waals surface area contributed by atoms with E-state index in [1.165, 1.54) is 0 Å². The highest BCUT2D eigenvalue weighted by Crippen LogP contribution is 2.15. The Bertz CT molecular complexity index is 246. The first kappa shape index (κ1) is 12.0. The van der Waals surface area contributed by atoms with Crippen LogP contribution in [0.5, 0.6) is 0 Å². The highest BCUT2D eigenvalue weighted by molar-refractivity contribution is 5.76. The van der Waals surface area contributed by atoms with Gasteiger partial charge in [0.2, 0.25) is 5.91 Å². The number of rotatable bonds is 5. The lowest BCUT2D eigenvalue weighted by Gasteiger charge is -2.11. The number of allylic oxidation sites excluding steroid dienone is 2. The van der Waals surface area contributed by atoms with E-state index in [1.807, 2.05) is 6.21 Å². The van der Waals surface area contributed by atoms with Crippen molar-refractivity contribution in [3.8, 4) is 0 Å². The van der Waals surface area contributed by atoms with E-state index in [0.29, 0.717) is 12.3 Å². The van der Waals surface area contributed by atoms with Gasteiger partial charge in [-0.25, -0.2) is 5.43 Å². The smallest absolute Gasteiger partial charge is 0.240 e. The number of nitrogens with one attached hydrogen (secondary N) is 1. The van der Waals surface area contributed by atoms with E-state index < -0.39 is 0 Å². The zero-order valence-electron chi connectivity index (χ0n) is 9.41. The molecule has 0 aromatic carbocycles. The van der Waals surface area contributed by atoms with Gasteiger partial charge in [0.25, 0.3) is 0 Å². The largest absolute Gasteiger partial charge is 0.273 e. The molecule has 0 bridgehead atoms. The summed E-state index contributed by atoms with van der Waals surface area (Å²) in [5, 5.41) is 3.99. The van der Waals surface area contributed by atoms with Crippen LogP contribution in [0.2, 0.25) is 0 Å². The van der Waals surface area contributed by atoms with E-state index in [9.17, 15) is 4.79 Å². The summed E-state index contributed by atoms with van der Waals surface area (Å²) in [6.07, 6.45) is 12.1. The van der Waals surface area contributed by atoms with Crippen molar-refractivity contribution in [2.45, 2.75) is 45.4 Å². The Hall–Kier alpha value is -1.12. The average Bonchev–Trinajstić information content (AvgIpc) is 2.28. The summed E-state index contributed by atoms with van der Waals surface area (Å²) in [6.45, 7) is 2.07. The van der Waals surface area contributed by atoms with Crippen LogP contribution in [0, 0.1) is 5.92 Å². The maximum Gasteiger partial charge on any atom is 0.240 e. The second-order valence-electron chi connectivity index (χ2n) is 3.96. The van der Waals surface area contributed by atoms with Gasteiger partial charge in [-0.2, -0.15) is 5.10 Å². The fourth-order valence-corrected chi connectivity index (χ4v) is 1.56. The fraction of sp³-hybridized carbons (Fsp3) is 0.667. The highest BCUT2D eigenvalue weighted by Gasteiger charge is 2.06. The van der Waals surface area contributed by atoms with E-state index in [1.54, 1.807) is 0 Å². The third-order valence-electron chi connectivity index (χ3n) is 2.54. The van der Waals surface area contributed by atoms with Crippen molar-refractivity contribution in [3.63, 3.8) is 0 Å². The molecule has 1 rings (SSSR count). The Kier molecular flexibility index (Phi) is 5.74. The topological polar surface area (TPSA) is 41.5 Å². The molecule has 1 atom stereocenters. The van der Waals surface area contributed by atoms with Crippen LogP contribution in [0.3, 0.4) is 0 Å². The molecule has 0 aromatic heterocycles. The summed E-state index contributed by atoms with van der Waals surface area (Å²) in [5.41, 5.74) is 2.57. The maximum absolute atomic E-state index is 11.2. The minimum atomic E-state index is 0.0273. The molecule has 1 aliphatic carbocycles. The van der Waals surface area contributed by atoms with Crippen molar-refractivity contribution in [2.24, 2.45) is 11.0 Å². The Morgan fingerprint density at radius 2 is 2.47 bits per heavy atom. The molecule has 0 radical (unpaired) electrons. The molecule has 0 aliphatic heterocycles. The molecule has 1 amide bonds. The van der Waals surface area contributed by atoms with Gasteiger partial charge < -0.3 is 0 Å². The highest BCUT2D eigenvalue weighted by atomic mass is 16.2. The standard InChI is InChI=1S/C12H20N2O/c1-2-3-9-12(15)14-13-10-11-7-5-4-6-8-11/h4-5,10-11H,2-3,6-9H2,1H3,(H,14,15). The molecule has 15 heavy (non-hydrogen) atoms. The van der Waals surface area contributed by atoms with Crippen molar-refractivity contribution >= 4 is 12.1 Å². The van der Waals surface area contributed by atoms with Gasteiger partial charge in [0.1, 0.15) is 0 Å². The number of nitrogens with zero attached hydrogens (tertiary/aromatic N) is 1. The minimum absolute atomic E-state index is 0.0273. The number of hydrazone groups is 1. The summed E-state index contributed by atoms with van der Waals surface area (Å²) in [7, 11) is 0. The summed E-state index contributed by atoms with van der Waals surface area (Å²) < 4.78 is 0. The van der Waals surface area contributed by atoms with Crippen molar-refractivity contribution in [1.29, 1.82) is 0 Å². The third kappa shape index (κ3) is 5.35. The molecule has 0 heterocycles. The first-order valence-corrected chi connectivity index (χ1v) is 5.80. The molecule has 0 aromatic rings. The van der Waals surface area contributed by atoms with Gasteiger partial charge in [0.05, 0.1) is 0 Å². The molecule has 0 spiro atoms. The predicted molar refractivity (Wildman–Crippen MR) is 62.6 cm³/mol. The van der Waals surface area contributed by atoms with Crippen molar-refractivity contribution in [3.05, 3.63) is 12.2 Å². The number of unbranched alkanes of at least 4 members (excludes halogenated alkanes) is 1. The summed E-state index contributed by atoms with van der Waals surface area (Å²) in [5.74, 6) is 0.529. The zero-order valence-corrected chi connectivity index (χ0v) is 9.41. The number of amides is 1. The predicted octanol–water partition coefficient (Wildman–Crippen LogP) is 2.63. The number of carbonyl (C=O) groups is 1. The summed E-state index contributed by atoms with van der Waals surface area (Å²) >= 11 is 0. The van der Waals surface area contributed by atoms with Crippen LogP contribution in [-0.2, 0) is 4.79 Å². The van der Waals surface area contributed by atoms with Gasteiger partial charge in [0.15, 0.2) is 0 Å². The molecular weight excluding hydrogens is 188 g/mol. The number of carbonyl (C=O) groups excluding carboxylic acids is 1. The first-order valence-electron chi connectivity index (χ1n) is 5.80. The van der Waals surface area contributed by atoms with E-state index >= 15 is 0 Å². The van der Waals surface area contributed by atoms with Crippen molar-refractivity contribution in [2.75, 3.05) is 0 Å². The lowest BCUT2D eigenvalue weighted by atomic mass is 9.96. The molecule has 0 saturated carbocycles. The zero-order chi connectivity index (χ0) is 10.9. The van der Waals surface area contributed by atoms with Gasteiger partial charge in [-0.3, -0.25) is 4.79 Å². The molecule has 84 valence electrons. The normalized spacial score (nSPS) is 20.7. The van der Waals surface area contributed by atoms with Crippen LogP contribution >= 0.6 is 0 Å². The lowest BCUT2D eigenvalue weighted by molar-refractivity contribution is -0.121. The van der Waals surface area contributed by atoms with Gasteiger partial charge in [-0.1, -0.05) is 25.5 Å². The van der Waals surface area contributed by atoms with Crippen molar-refractivity contribution < 1.29 is 4.79 Å². The molecule has 1 unspecified atom stereocenters. The average molecular weight is 208 g/mol. The molecule has 1 aliphatic rings. The van der Waals surface area contributed by atoms with Crippen LogP contribution < -0.4 is 5.43 Å². The molecule has 0 fully saturated rings. The molecule has 1 N–H and O–H groups in total. The molecule has 3 nitrogen and oxygen atoms in total. The second-order valence-corrected chi connectivity index (χ2v) is 3.96. The van der Waals surface area contributed by atoms with E-state index in [0.717, 1.165) is 32.1 Å². The Balaban J connectivity index is 2.15. The molecule has 3 heteroatoms. The van der Waals surface area contributed by atoms with Gasteiger partial charge in [-0.15, -0.1) is 0 Å². The van der Waals surface area contributed by atoms with Crippen LogP contribution in [-0.4, -0.2) is 12.1 Å². The van der Waals surface area contributed by atoms with Crippen molar-refractivity contribution in [1.82, 2.24) is 5.43 Å². The van der Waals surface area contributed by atoms with Crippen LogP contribution in [0.25, 0.3) is 0 Å². The minimum Gasteiger partial charge on any atom is -0.273 e. The first-order chi connectivity index (χ1) is 7.33. The number of hydrogen-bond acceptors (Lipinski definition) is 2. The quantitative estimate of drug-likeness (QED) is 0.421. The van der Waals surface area contributed by atoms with Gasteiger partial charge in [-0.05, 0) is 31.6 Å². The Morgan fingerprint density at radius 3 is 3.13 bits per heavy atom. The van der Waals surface area contributed by atoms with Crippen LogP contribution in [0.1, 0.15) is 45.4 Å². The van der Waals surface area contributed by atoms with Gasteiger partial charge >= 0.3 is 0 Å². The molecular formula is C12H20N2O. The Morgan fingerprint density at radius 1 is 1.60 bits per heavy atom.